The van der Waals surface area contributed by atoms with Crippen LogP contribution in [0.4, 0.5) is 0 Å². The van der Waals surface area contributed by atoms with E-state index in [1.54, 1.807) is 14.2 Å². The molecule has 0 amide bonds. The number of rotatable bonds is 3. The highest BCUT2D eigenvalue weighted by Gasteiger charge is 2.39. The van der Waals surface area contributed by atoms with Crippen LogP contribution in [0.1, 0.15) is 39.3 Å². The van der Waals surface area contributed by atoms with Gasteiger partial charge >= 0.3 is 5.82 Å². The molecule has 0 bridgehead atoms. The Kier molecular flexibility index (Phi) is 3.38. The number of fused-ring (bicyclic) bond motifs is 3. The van der Waals surface area contributed by atoms with Gasteiger partial charge in [0.1, 0.15) is 6.04 Å². The molecule has 3 rings (SSSR count). The molecule has 0 fully saturated rings. The predicted octanol–water partition coefficient (Wildman–Crippen LogP) is 2.73. The Morgan fingerprint density at radius 1 is 1.18 bits per heavy atom. The van der Waals surface area contributed by atoms with Gasteiger partial charge in [0.25, 0.3) is 0 Å². The van der Waals surface area contributed by atoms with Crippen LogP contribution in [0.25, 0.3) is 11.4 Å². The molecule has 0 saturated carbocycles. The first kappa shape index (κ1) is 14.9. The van der Waals surface area contributed by atoms with Gasteiger partial charge in [0.2, 0.25) is 6.33 Å². The highest BCUT2D eigenvalue weighted by atomic mass is 16.5. The van der Waals surface area contributed by atoms with E-state index in [2.05, 4.69) is 44.7 Å². The first-order valence-corrected chi connectivity index (χ1v) is 7.64. The monoisotopic (exact) mass is 302 g/mol. The van der Waals surface area contributed by atoms with Crippen molar-refractivity contribution in [3.8, 4) is 22.9 Å². The van der Waals surface area contributed by atoms with Crippen LogP contribution in [0.15, 0.2) is 18.5 Å². The van der Waals surface area contributed by atoms with E-state index in [1.807, 2.05) is 10.7 Å². The molecule has 1 aliphatic rings. The maximum Gasteiger partial charge on any atom is 0.309 e. The van der Waals surface area contributed by atoms with Crippen LogP contribution in [-0.2, 0) is 12.0 Å². The third kappa shape index (κ3) is 2.16. The van der Waals surface area contributed by atoms with Crippen molar-refractivity contribution < 1.29 is 14.0 Å². The summed E-state index contributed by atoms with van der Waals surface area (Å²) in [7, 11) is 3.34. The third-order valence-corrected chi connectivity index (χ3v) is 4.33. The topological polar surface area (TPSA) is 40.2 Å². The van der Waals surface area contributed by atoms with Gasteiger partial charge in [-0.2, -0.15) is 0 Å². The molecule has 22 heavy (non-hydrogen) atoms. The van der Waals surface area contributed by atoms with Crippen molar-refractivity contribution in [2.75, 3.05) is 14.2 Å². The second-order valence-electron chi connectivity index (χ2n) is 6.74. The lowest BCUT2D eigenvalue weighted by molar-refractivity contribution is -0.750. The summed E-state index contributed by atoms with van der Waals surface area (Å²) >= 11 is 0. The standard InChI is InChI=1S/C17H24N3O2/c1-11(2)20-10-19-16(18-20)13-8-15(22-6)14(21-5)7-12(13)9-17(19,3)4/h7-8,10-11H,9H2,1-6H3/q+1. The minimum absolute atomic E-state index is 0.0188. The van der Waals surface area contributed by atoms with Crippen LogP contribution in [0, 0.1) is 0 Å². The molecule has 5 heteroatoms. The summed E-state index contributed by atoms with van der Waals surface area (Å²) in [6, 6.07) is 4.44. The number of ether oxygens (including phenoxy) is 2. The summed E-state index contributed by atoms with van der Waals surface area (Å²) in [6.07, 6.45) is 3.05. The summed E-state index contributed by atoms with van der Waals surface area (Å²) in [4.78, 5) is 0. The van der Waals surface area contributed by atoms with E-state index < -0.39 is 0 Å². The molecule has 0 unspecified atom stereocenters. The summed E-state index contributed by atoms with van der Waals surface area (Å²) < 4.78 is 15.2. The summed E-state index contributed by atoms with van der Waals surface area (Å²) in [5, 5.41) is 4.80. The molecule has 0 radical (unpaired) electrons. The van der Waals surface area contributed by atoms with Gasteiger partial charge in [-0.15, -0.1) is 4.68 Å². The molecule has 0 N–H and O–H groups in total. The summed E-state index contributed by atoms with van der Waals surface area (Å²) in [5.41, 5.74) is 2.35. The van der Waals surface area contributed by atoms with Crippen LogP contribution >= 0.6 is 0 Å². The minimum Gasteiger partial charge on any atom is -0.493 e. The molecule has 1 aromatic carbocycles. The van der Waals surface area contributed by atoms with Gasteiger partial charge < -0.3 is 9.47 Å². The van der Waals surface area contributed by atoms with Gasteiger partial charge in [0.05, 0.1) is 25.3 Å². The number of nitrogens with zero attached hydrogens (tertiary/aromatic N) is 3. The number of aromatic nitrogens is 3. The fourth-order valence-corrected chi connectivity index (χ4v) is 3.06. The van der Waals surface area contributed by atoms with Crippen LogP contribution in [0.3, 0.4) is 0 Å². The zero-order valence-corrected chi connectivity index (χ0v) is 14.2. The molecule has 0 atom stereocenters. The summed E-state index contributed by atoms with van der Waals surface area (Å²) in [5.74, 6) is 2.50. The molecular formula is C17H24N3O2+. The van der Waals surface area contributed by atoms with Gasteiger partial charge in [-0.05, 0) is 45.4 Å². The largest absolute Gasteiger partial charge is 0.493 e. The SMILES string of the molecule is COc1cc2c(cc1OC)-c1nn(C(C)C)c[n+]1C(C)(C)C2. The lowest BCUT2D eigenvalue weighted by Crippen LogP contribution is -2.56. The second-order valence-corrected chi connectivity index (χ2v) is 6.74. The van der Waals surface area contributed by atoms with Gasteiger partial charge in [-0.3, -0.25) is 0 Å². The number of hydrogen-bond donors (Lipinski definition) is 0. The highest BCUT2D eigenvalue weighted by Crippen LogP contribution is 2.39. The fraction of sp³-hybridized carbons (Fsp3) is 0.529. The van der Waals surface area contributed by atoms with Crippen LogP contribution in [0.2, 0.25) is 0 Å². The maximum atomic E-state index is 5.45. The van der Waals surface area contributed by atoms with Gasteiger partial charge in [0, 0.05) is 11.5 Å². The average Bonchev–Trinajstić information content (AvgIpc) is 2.92. The molecule has 1 aromatic heterocycles. The molecule has 5 nitrogen and oxygen atoms in total. The lowest BCUT2D eigenvalue weighted by atomic mass is 9.87. The quantitative estimate of drug-likeness (QED) is 0.819. The molecule has 2 heterocycles. The Morgan fingerprint density at radius 3 is 2.41 bits per heavy atom. The average molecular weight is 302 g/mol. The van der Waals surface area contributed by atoms with Gasteiger partial charge in [0.15, 0.2) is 11.5 Å². The van der Waals surface area contributed by atoms with Gasteiger partial charge in [-0.25, -0.2) is 4.57 Å². The summed E-state index contributed by atoms with van der Waals surface area (Å²) in [6.45, 7) is 8.76. The van der Waals surface area contributed by atoms with E-state index >= 15 is 0 Å². The van der Waals surface area contributed by atoms with E-state index in [0.29, 0.717) is 6.04 Å². The zero-order chi connectivity index (χ0) is 16.1. The first-order chi connectivity index (χ1) is 10.4. The van der Waals surface area contributed by atoms with Crippen molar-refractivity contribution in [3.05, 3.63) is 24.0 Å². The molecule has 118 valence electrons. The lowest BCUT2D eigenvalue weighted by Gasteiger charge is -2.29. The molecule has 0 aliphatic carbocycles. The van der Waals surface area contributed by atoms with Crippen LogP contribution in [-0.4, -0.2) is 24.0 Å². The smallest absolute Gasteiger partial charge is 0.309 e. The van der Waals surface area contributed by atoms with Crippen LogP contribution < -0.4 is 14.0 Å². The number of hydrogen-bond acceptors (Lipinski definition) is 3. The van der Waals surface area contributed by atoms with E-state index in [1.165, 1.54) is 5.56 Å². The van der Waals surface area contributed by atoms with E-state index in [0.717, 1.165) is 29.3 Å². The van der Waals surface area contributed by atoms with Gasteiger partial charge in [-0.1, -0.05) is 0 Å². The van der Waals surface area contributed by atoms with Crippen molar-refractivity contribution in [1.82, 2.24) is 9.78 Å². The molecule has 1 aliphatic heterocycles. The van der Waals surface area contributed by atoms with Crippen molar-refractivity contribution in [2.24, 2.45) is 0 Å². The normalized spacial score (nSPS) is 15.4. The second kappa shape index (κ2) is 5.00. The fourth-order valence-electron chi connectivity index (χ4n) is 3.06. The zero-order valence-electron chi connectivity index (χ0n) is 14.2. The van der Waals surface area contributed by atoms with Crippen molar-refractivity contribution in [3.63, 3.8) is 0 Å². The molecular weight excluding hydrogens is 278 g/mol. The Morgan fingerprint density at radius 2 is 1.82 bits per heavy atom. The highest BCUT2D eigenvalue weighted by molar-refractivity contribution is 5.65. The molecule has 2 aromatic rings. The first-order valence-electron chi connectivity index (χ1n) is 7.64. The number of benzene rings is 1. The van der Waals surface area contributed by atoms with Crippen LogP contribution in [0.5, 0.6) is 11.5 Å². The van der Waals surface area contributed by atoms with E-state index in [4.69, 9.17) is 14.6 Å². The Labute approximate surface area is 131 Å². The molecule has 0 saturated heterocycles. The predicted molar refractivity (Wildman–Crippen MR) is 84.4 cm³/mol. The minimum atomic E-state index is -0.0188. The maximum absolute atomic E-state index is 5.45. The Balaban J connectivity index is 2.25. The molecule has 0 spiro atoms. The third-order valence-electron chi connectivity index (χ3n) is 4.33. The van der Waals surface area contributed by atoms with Crippen molar-refractivity contribution >= 4 is 0 Å². The van der Waals surface area contributed by atoms with E-state index in [-0.39, 0.29) is 5.54 Å². The van der Waals surface area contributed by atoms with E-state index in [9.17, 15) is 0 Å². The Bertz CT molecular complexity index is 717. The number of methoxy groups -OCH3 is 2. The van der Waals surface area contributed by atoms with Crippen molar-refractivity contribution in [2.45, 2.75) is 45.7 Å². The van der Waals surface area contributed by atoms with Crippen molar-refractivity contribution in [1.29, 1.82) is 0 Å². The Hall–Kier alpha value is -2.04.